The molecule has 0 saturated heterocycles. The summed E-state index contributed by atoms with van der Waals surface area (Å²) in [5.74, 6) is -0.353. The van der Waals surface area contributed by atoms with Gasteiger partial charge in [-0.1, -0.05) is 35.9 Å². The van der Waals surface area contributed by atoms with Crippen molar-refractivity contribution in [3.8, 4) is 0 Å². The molecule has 0 spiro atoms. The normalized spacial score (nSPS) is 11.8. The van der Waals surface area contributed by atoms with Crippen LogP contribution in [-0.4, -0.2) is 30.5 Å². The minimum Gasteiger partial charge on any atom is -0.467 e. The predicted octanol–water partition coefficient (Wildman–Crippen LogP) is 5.26. The van der Waals surface area contributed by atoms with Gasteiger partial charge in [0.05, 0.1) is 30.3 Å². The van der Waals surface area contributed by atoms with Crippen LogP contribution < -0.4 is 10.2 Å². The van der Waals surface area contributed by atoms with Crippen LogP contribution in [0, 0.1) is 6.92 Å². The van der Waals surface area contributed by atoms with Crippen LogP contribution >= 0.6 is 0 Å². The highest BCUT2D eigenvalue weighted by molar-refractivity contribution is 7.90. The minimum absolute atomic E-state index is 0.133. The number of hydrogen-bond acceptors (Lipinski definition) is 7. The highest BCUT2D eigenvalue weighted by Gasteiger charge is 2.31. The topological polar surface area (TPSA) is 105 Å². The molecule has 1 N–H and O–H groups in total. The Morgan fingerprint density at radius 2 is 1.79 bits per heavy atom. The van der Waals surface area contributed by atoms with Crippen molar-refractivity contribution in [1.82, 2.24) is 9.97 Å². The number of hydrogen-bond donors (Lipinski definition) is 1. The van der Waals surface area contributed by atoms with Crippen molar-refractivity contribution in [2.45, 2.75) is 31.3 Å². The summed E-state index contributed by atoms with van der Waals surface area (Å²) in [5.41, 5.74) is 0.683. The number of halogens is 3. The summed E-state index contributed by atoms with van der Waals surface area (Å²) in [5, 5.41) is 1.81. The minimum atomic E-state index is -4.61. The van der Waals surface area contributed by atoms with Crippen molar-refractivity contribution in [3.63, 3.8) is 0 Å². The molecular weight excluding hydrogens is 521 g/mol. The summed E-state index contributed by atoms with van der Waals surface area (Å²) in [6.07, 6.45) is -1.02. The van der Waals surface area contributed by atoms with Gasteiger partial charge in [0.15, 0.2) is 5.69 Å². The van der Waals surface area contributed by atoms with Gasteiger partial charge < -0.3 is 14.6 Å². The Labute approximate surface area is 217 Å². The molecule has 38 heavy (non-hydrogen) atoms. The fourth-order valence-electron chi connectivity index (χ4n) is 3.63. The molecule has 0 fully saturated rings. The molecule has 0 saturated carbocycles. The van der Waals surface area contributed by atoms with E-state index in [1.54, 1.807) is 17.0 Å². The molecule has 0 radical (unpaired) electrons. The maximum Gasteiger partial charge on any atom is 0.416 e. The van der Waals surface area contributed by atoms with Crippen LogP contribution in [-0.2, 0) is 29.1 Å². The van der Waals surface area contributed by atoms with Gasteiger partial charge in [0.25, 0.3) is 5.91 Å². The predicted molar refractivity (Wildman–Crippen MR) is 134 cm³/mol. The molecule has 198 valence electrons. The molecule has 0 atom stereocenters. The van der Waals surface area contributed by atoms with E-state index in [0.717, 1.165) is 35.6 Å². The Morgan fingerprint density at radius 3 is 2.42 bits per heavy atom. The van der Waals surface area contributed by atoms with Crippen LogP contribution in [0.4, 0.5) is 24.5 Å². The van der Waals surface area contributed by atoms with Gasteiger partial charge in [0.1, 0.15) is 5.76 Å². The van der Waals surface area contributed by atoms with Gasteiger partial charge in [-0.15, -0.1) is 0 Å². The fraction of sp³-hybridized carbons (Fsp3) is 0.192. The standard InChI is InChI=1S/C26H23F3N4O4S/c1-17-8-10-18(11-9-17)15-33(16-21-7-4-12-37-21)22-14-30-25(38(2,35)36)32-23(22)24(34)31-20-6-3-5-19(13-20)26(27,28)29/h3-14H,15-16H2,1-2H3,(H,31,34). The number of aryl methyl sites for hydroxylation is 1. The number of benzene rings is 2. The molecule has 0 aliphatic rings. The molecule has 0 aliphatic carbocycles. The van der Waals surface area contributed by atoms with Crippen molar-refractivity contribution in [2.24, 2.45) is 0 Å². The molecule has 1 amide bonds. The number of amides is 1. The van der Waals surface area contributed by atoms with Crippen molar-refractivity contribution in [1.29, 1.82) is 0 Å². The second-order valence-electron chi connectivity index (χ2n) is 8.61. The fourth-order valence-corrected chi connectivity index (χ4v) is 4.13. The lowest BCUT2D eigenvalue weighted by Crippen LogP contribution is -2.27. The highest BCUT2D eigenvalue weighted by atomic mass is 32.2. The maximum absolute atomic E-state index is 13.4. The van der Waals surface area contributed by atoms with E-state index < -0.39 is 32.6 Å². The molecule has 0 unspecified atom stereocenters. The zero-order valence-corrected chi connectivity index (χ0v) is 21.2. The second-order valence-corrected chi connectivity index (χ2v) is 10.5. The third-order valence-corrected chi connectivity index (χ3v) is 6.36. The molecule has 2 aromatic carbocycles. The summed E-state index contributed by atoms with van der Waals surface area (Å²) in [4.78, 5) is 23.0. The number of alkyl halides is 3. The van der Waals surface area contributed by atoms with E-state index in [1.165, 1.54) is 18.5 Å². The smallest absolute Gasteiger partial charge is 0.416 e. The Kier molecular flexibility index (Phi) is 7.53. The summed E-state index contributed by atoms with van der Waals surface area (Å²) in [6.45, 7) is 2.39. The molecule has 0 bridgehead atoms. The van der Waals surface area contributed by atoms with Crippen LogP contribution in [0.15, 0.2) is 82.7 Å². The number of anilines is 2. The van der Waals surface area contributed by atoms with E-state index in [1.807, 2.05) is 31.2 Å². The van der Waals surface area contributed by atoms with Crippen molar-refractivity contribution < 1.29 is 30.8 Å². The Hall–Kier alpha value is -4.19. The molecule has 2 heterocycles. The van der Waals surface area contributed by atoms with Crippen LogP contribution in [0.1, 0.15) is 32.9 Å². The van der Waals surface area contributed by atoms with Gasteiger partial charge in [-0.05, 0) is 42.8 Å². The van der Waals surface area contributed by atoms with Crippen LogP contribution in [0.25, 0.3) is 0 Å². The number of nitrogens with one attached hydrogen (secondary N) is 1. The summed E-state index contributed by atoms with van der Waals surface area (Å²) in [7, 11) is -3.90. The monoisotopic (exact) mass is 544 g/mol. The first kappa shape index (κ1) is 26.9. The van der Waals surface area contributed by atoms with Crippen LogP contribution in [0.5, 0.6) is 0 Å². The van der Waals surface area contributed by atoms with Crippen molar-refractivity contribution >= 4 is 27.1 Å². The van der Waals surface area contributed by atoms with Crippen molar-refractivity contribution in [3.05, 3.63) is 101 Å². The molecule has 4 rings (SSSR count). The van der Waals surface area contributed by atoms with Gasteiger partial charge in [-0.3, -0.25) is 4.79 Å². The van der Waals surface area contributed by atoms with E-state index in [9.17, 15) is 26.4 Å². The molecule has 4 aromatic rings. The summed E-state index contributed by atoms with van der Waals surface area (Å²) >= 11 is 0. The maximum atomic E-state index is 13.4. The largest absolute Gasteiger partial charge is 0.467 e. The summed E-state index contributed by atoms with van der Waals surface area (Å²) in [6, 6.07) is 15.2. The average molecular weight is 545 g/mol. The van der Waals surface area contributed by atoms with E-state index in [4.69, 9.17) is 4.42 Å². The Bertz CT molecular complexity index is 1540. The van der Waals surface area contributed by atoms with E-state index in [2.05, 4.69) is 15.3 Å². The van der Waals surface area contributed by atoms with Gasteiger partial charge in [0.2, 0.25) is 15.0 Å². The molecule has 0 aliphatic heterocycles. The lowest BCUT2D eigenvalue weighted by molar-refractivity contribution is -0.137. The van der Waals surface area contributed by atoms with Gasteiger partial charge in [-0.2, -0.15) is 13.2 Å². The zero-order valence-electron chi connectivity index (χ0n) is 20.4. The van der Waals surface area contributed by atoms with Crippen LogP contribution in [0.3, 0.4) is 0 Å². The van der Waals surface area contributed by atoms with E-state index >= 15 is 0 Å². The number of sulfone groups is 1. The molecular formula is C26H23F3N4O4S. The molecule has 12 heteroatoms. The molecule has 2 aromatic heterocycles. The molecule has 8 nitrogen and oxygen atoms in total. The lowest BCUT2D eigenvalue weighted by atomic mass is 10.1. The van der Waals surface area contributed by atoms with Gasteiger partial charge in [-0.25, -0.2) is 18.4 Å². The number of furan rings is 1. The third-order valence-electron chi connectivity index (χ3n) is 5.50. The summed E-state index contributed by atoms with van der Waals surface area (Å²) < 4.78 is 69.4. The number of nitrogens with zero attached hydrogens (tertiary/aromatic N) is 3. The SMILES string of the molecule is Cc1ccc(CN(Cc2ccco2)c2cnc(S(C)(=O)=O)nc2C(=O)Nc2cccc(C(F)(F)F)c2)cc1. The lowest BCUT2D eigenvalue weighted by Gasteiger charge is -2.25. The van der Waals surface area contributed by atoms with Crippen LogP contribution in [0.2, 0.25) is 0 Å². The number of carbonyl (C=O) groups excluding carboxylic acids is 1. The quantitative estimate of drug-likeness (QED) is 0.302. The zero-order chi connectivity index (χ0) is 27.5. The van der Waals surface area contributed by atoms with E-state index in [0.29, 0.717) is 5.76 Å². The van der Waals surface area contributed by atoms with Gasteiger partial charge in [0, 0.05) is 18.5 Å². The Morgan fingerprint density at radius 1 is 1.05 bits per heavy atom. The first-order chi connectivity index (χ1) is 17.9. The Balaban J connectivity index is 1.77. The third kappa shape index (κ3) is 6.57. The number of aromatic nitrogens is 2. The second kappa shape index (κ2) is 10.7. The van der Waals surface area contributed by atoms with Gasteiger partial charge >= 0.3 is 6.18 Å². The first-order valence-corrected chi connectivity index (χ1v) is 13.2. The number of rotatable bonds is 8. The number of carbonyl (C=O) groups is 1. The highest BCUT2D eigenvalue weighted by Crippen LogP contribution is 2.31. The first-order valence-electron chi connectivity index (χ1n) is 11.3. The average Bonchev–Trinajstić information content (AvgIpc) is 3.37. The van der Waals surface area contributed by atoms with Crippen molar-refractivity contribution in [2.75, 3.05) is 16.5 Å². The van der Waals surface area contributed by atoms with E-state index in [-0.39, 0.29) is 30.2 Å².